The highest BCUT2D eigenvalue weighted by Gasteiger charge is 2.25. The molecule has 5 heteroatoms. The number of morpholine rings is 1. The zero-order valence-corrected chi connectivity index (χ0v) is 11.3. The number of thioether (sulfide) groups is 1. The van der Waals surface area contributed by atoms with E-state index in [2.05, 4.69) is 12.2 Å². The summed E-state index contributed by atoms with van der Waals surface area (Å²) in [6.45, 7) is 6.34. The van der Waals surface area contributed by atoms with Crippen LogP contribution in [0.3, 0.4) is 0 Å². The number of amides is 1. The molecule has 2 aliphatic heterocycles. The van der Waals surface area contributed by atoms with Crippen LogP contribution in [0.15, 0.2) is 0 Å². The lowest BCUT2D eigenvalue weighted by Gasteiger charge is -2.33. The molecule has 0 radical (unpaired) electrons. The number of carbonyl (C=O) groups excluding carboxylic acids is 1. The molecule has 0 aromatic heterocycles. The largest absolute Gasteiger partial charge is 0.378 e. The average Bonchev–Trinajstić information content (AvgIpc) is 2.40. The highest BCUT2D eigenvalue weighted by atomic mass is 32.2. The van der Waals surface area contributed by atoms with E-state index in [4.69, 9.17) is 4.74 Å². The first-order chi connectivity index (χ1) is 8.29. The van der Waals surface area contributed by atoms with E-state index >= 15 is 0 Å². The molecule has 0 aromatic rings. The fraction of sp³-hybridized carbons (Fsp3) is 0.917. The number of hydrogen-bond donors (Lipinski definition) is 1. The Morgan fingerprint density at radius 2 is 2.47 bits per heavy atom. The summed E-state index contributed by atoms with van der Waals surface area (Å²) in [5.74, 6) is 1.37. The van der Waals surface area contributed by atoms with Gasteiger partial charge in [0.15, 0.2) is 0 Å². The monoisotopic (exact) mass is 258 g/mol. The van der Waals surface area contributed by atoms with Crippen molar-refractivity contribution < 1.29 is 9.53 Å². The molecule has 2 fully saturated rings. The quantitative estimate of drug-likeness (QED) is 0.810. The fourth-order valence-electron chi connectivity index (χ4n) is 2.28. The summed E-state index contributed by atoms with van der Waals surface area (Å²) in [6.07, 6.45) is 1.74. The Morgan fingerprint density at radius 3 is 3.18 bits per heavy atom. The van der Waals surface area contributed by atoms with E-state index in [1.165, 1.54) is 0 Å². The Labute approximate surface area is 107 Å². The Balaban J connectivity index is 1.78. The van der Waals surface area contributed by atoms with Gasteiger partial charge in [-0.15, -0.1) is 0 Å². The topological polar surface area (TPSA) is 41.6 Å². The van der Waals surface area contributed by atoms with Gasteiger partial charge in [0.25, 0.3) is 0 Å². The van der Waals surface area contributed by atoms with Crippen molar-refractivity contribution in [1.82, 2.24) is 10.2 Å². The molecule has 0 aromatic carbocycles. The van der Waals surface area contributed by atoms with Crippen molar-refractivity contribution in [1.29, 1.82) is 0 Å². The summed E-state index contributed by atoms with van der Waals surface area (Å²) >= 11 is 2.00. The van der Waals surface area contributed by atoms with Gasteiger partial charge in [0.2, 0.25) is 5.91 Å². The third-order valence-corrected chi connectivity index (χ3v) is 4.74. The molecule has 2 aliphatic rings. The lowest BCUT2D eigenvalue weighted by atomic mass is 10.1. The number of hydrogen-bond acceptors (Lipinski definition) is 4. The van der Waals surface area contributed by atoms with Gasteiger partial charge in [-0.2, -0.15) is 11.8 Å². The normalized spacial score (nSPS) is 30.3. The van der Waals surface area contributed by atoms with Crippen LogP contribution in [0.5, 0.6) is 0 Å². The Bertz CT molecular complexity index is 257. The van der Waals surface area contributed by atoms with E-state index in [0.29, 0.717) is 18.3 Å². The predicted molar refractivity (Wildman–Crippen MR) is 70.3 cm³/mol. The third kappa shape index (κ3) is 3.86. The Morgan fingerprint density at radius 1 is 1.59 bits per heavy atom. The van der Waals surface area contributed by atoms with Crippen LogP contribution in [0.4, 0.5) is 0 Å². The van der Waals surface area contributed by atoms with Gasteiger partial charge < -0.3 is 15.0 Å². The van der Waals surface area contributed by atoms with Gasteiger partial charge in [0.05, 0.1) is 13.2 Å². The number of rotatable bonds is 3. The zero-order valence-electron chi connectivity index (χ0n) is 10.5. The van der Waals surface area contributed by atoms with Gasteiger partial charge >= 0.3 is 0 Å². The van der Waals surface area contributed by atoms with Crippen LogP contribution in [-0.2, 0) is 9.53 Å². The summed E-state index contributed by atoms with van der Waals surface area (Å²) in [7, 11) is 0. The SMILES string of the molecule is CCC1CN(C(=O)CC2COCCN2)CCS1. The van der Waals surface area contributed by atoms with Crippen LogP contribution >= 0.6 is 11.8 Å². The molecule has 1 N–H and O–H groups in total. The minimum Gasteiger partial charge on any atom is -0.378 e. The summed E-state index contributed by atoms with van der Waals surface area (Å²) in [4.78, 5) is 14.2. The van der Waals surface area contributed by atoms with Crippen molar-refractivity contribution in [2.45, 2.75) is 31.1 Å². The second-order valence-corrected chi connectivity index (χ2v) is 6.08. The molecule has 98 valence electrons. The van der Waals surface area contributed by atoms with Crippen molar-refractivity contribution in [3.63, 3.8) is 0 Å². The van der Waals surface area contributed by atoms with Gasteiger partial charge in [0, 0.05) is 43.1 Å². The van der Waals surface area contributed by atoms with E-state index in [-0.39, 0.29) is 11.9 Å². The van der Waals surface area contributed by atoms with E-state index in [1.54, 1.807) is 0 Å². The van der Waals surface area contributed by atoms with E-state index < -0.39 is 0 Å². The summed E-state index contributed by atoms with van der Waals surface area (Å²) < 4.78 is 5.38. The van der Waals surface area contributed by atoms with Crippen molar-refractivity contribution >= 4 is 17.7 Å². The molecule has 0 spiro atoms. The molecule has 4 nitrogen and oxygen atoms in total. The van der Waals surface area contributed by atoms with Crippen LogP contribution in [0.1, 0.15) is 19.8 Å². The molecule has 2 saturated heterocycles. The molecule has 1 amide bonds. The first kappa shape index (κ1) is 13.2. The van der Waals surface area contributed by atoms with Gasteiger partial charge in [-0.05, 0) is 6.42 Å². The van der Waals surface area contributed by atoms with Crippen molar-refractivity contribution in [2.24, 2.45) is 0 Å². The Kier molecular flexibility index (Phi) is 5.13. The molecule has 2 unspecified atom stereocenters. The van der Waals surface area contributed by atoms with Gasteiger partial charge in [-0.25, -0.2) is 0 Å². The molecule has 0 saturated carbocycles. The van der Waals surface area contributed by atoms with E-state index in [1.807, 2.05) is 16.7 Å². The van der Waals surface area contributed by atoms with E-state index in [0.717, 1.165) is 38.4 Å². The predicted octanol–water partition coefficient (Wildman–Crippen LogP) is 0.719. The highest BCUT2D eigenvalue weighted by Crippen LogP contribution is 2.21. The first-order valence-corrected chi connectivity index (χ1v) is 7.55. The second kappa shape index (κ2) is 6.61. The van der Waals surface area contributed by atoms with Crippen molar-refractivity contribution in [3.05, 3.63) is 0 Å². The molecule has 2 atom stereocenters. The van der Waals surface area contributed by atoms with Crippen LogP contribution in [0.25, 0.3) is 0 Å². The zero-order chi connectivity index (χ0) is 12.1. The number of nitrogens with one attached hydrogen (secondary N) is 1. The lowest BCUT2D eigenvalue weighted by molar-refractivity contribution is -0.132. The molecule has 17 heavy (non-hydrogen) atoms. The molecule has 0 aliphatic carbocycles. The van der Waals surface area contributed by atoms with E-state index in [9.17, 15) is 4.79 Å². The highest BCUT2D eigenvalue weighted by molar-refractivity contribution is 8.00. The number of carbonyl (C=O) groups is 1. The maximum Gasteiger partial charge on any atom is 0.224 e. The van der Waals surface area contributed by atoms with Crippen LogP contribution in [-0.4, -0.2) is 60.7 Å². The molecule has 0 bridgehead atoms. The summed E-state index contributed by atoms with van der Waals surface area (Å²) in [5.41, 5.74) is 0. The Hall–Kier alpha value is -0.260. The third-order valence-electron chi connectivity index (χ3n) is 3.37. The molecular weight excluding hydrogens is 236 g/mol. The van der Waals surface area contributed by atoms with Gasteiger partial charge in [-0.1, -0.05) is 6.92 Å². The van der Waals surface area contributed by atoms with Crippen molar-refractivity contribution in [3.8, 4) is 0 Å². The van der Waals surface area contributed by atoms with Gasteiger partial charge in [0.1, 0.15) is 0 Å². The maximum atomic E-state index is 12.1. The second-order valence-electron chi connectivity index (χ2n) is 4.67. The minimum absolute atomic E-state index is 0.214. The number of nitrogens with zero attached hydrogens (tertiary/aromatic N) is 1. The maximum absolute atomic E-state index is 12.1. The van der Waals surface area contributed by atoms with Crippen molar-refractivity contribution in [2.75, 3.05) is 38.6 Å². The summed E-state index contributed by atoms with van der Waals surface area (Å²) in [6, 6.07) is 0.214. The molecule has 2 rings (SSSR count). The molecular formula is C12H22N2O2S. The molecule has 2 heterocycles. The standard InChI is InChI=1S/C12H22N2O2S/c1-2-11-8-14(4-6-17-11)12(15)7-10-9-16-5-3-13-10/h10-11,13H,2-9H2,1H3. The fourth-order valence-corrected chi connectivity index (χ4v) is 3.46. The number of ether oxygens (including phenoxy) is 1. The smallest absolute Gasteiger partial charge is 0.224 e. The summed E-state index contributed by atoms with van der Waals surface area (Å²) in [5, 5.41) is 3.96. The van der Waals surface area contributed by atoms with Gasteiger partial charge in [-0.3, -0.25) is 4.79 Å². The first-order valence-electron chi connectivity index (χ1n) is 6.50. The average molecular weight is 258 g/mol. The minimum atomic E-state index is 0.214. The van der Waals surface area contributed by atoms with Crippen LogP contribution in [0, 0.1) is 0 Å². The lowest BCUT2D eigenvalue weighted by Crippen LogP contribution is -2.47. The van der Waals surface area contributed by atoms with Crippen LogP contribution in [0.2, 0.25) is 0 Å². The van der Waals surface area contributed by atoms with Crippen LogP contribution < -0.4 is 5.32 Å².